The Hall–Kier alpha value is -0.890. The first-order valence-electron chi connectivity index (χ1n) is 7.60. The zero-order chi connectivity index (χ0) is 13.2. The van der Waals surface area contributed by atoms with Crippen molar-refractivity contribution in [1.82, 2.24) is 0 Å². The Labute approximate surface area is 114 Å². The monoisotopic (exact) mass is 259 g/mol. The second kappa shape index (κ2) is 3.82. The summed E-state index contributed by atoms with van der Waals surface area (Å²) >= 11 is 0. The highest BCUT2D eigenvalue weighted by Crippen LogP contribution is 2.60. The van der Waals surface area contributed by atoms with E-state index in [0.717, 1.165) is 11.5 Å². The Morgan fingerprint density at radius 1 is 1.16 bits per heavy atom. The maximum atomic E-state index is 13.5. The van der Waals surface area contributed by atoms with Gasteiger partial charge in [-0.15, -0.1) is 0 Å². The minimum absolute atomic E-state index is 0.0785. The molecule has 4 fully saturated rings. The van der Waals surface area contributed by atoms with E-state index in [1.165, 1.54) is 37.7 Å². The molecule has 0 radical (unpaired) electrons. The molecule has 0 aliphatic heterocycles. The first-order valence-corrected chi connectivity index (χ1v) is 7.60. The lowest BCUT2D eigenvalue weighted by Crippen LogP contribution is -2.58. The van der Waals surface area contributed by atoms with Crippen molar-refractivity contribution < 1.29 is 4.39 Å². The van der Waals surface area contributed by atoms with Gasteiger partial charge >= 0.3 is 0 Å². The Bertz CT molecular complexity index is 508. The van der Waals surface area contributed by atoms with E-state index in [-0.39, 0.29) is 5.82 Å². The number of rotatable bonds is 1. The lowest BCUT2D eigenvalue weighted by molar-refractivity contribution is -0.0226. The summed E-state index contributed by atoms with van der Waals surface area (Å²) in [6.07, 6.45) is 6.43. The van der Waals surface area contributed by atoms with Crippen LogP contribution in [0.1, 0.15) is 43.2 Å². The summed E-state index contributed by atoms with van der Waals surface area (Å²) in [6, 6.07) is 6.20. The number of aryl methyl sites for hydroxylation is 1. The van der Waals surface area contributed by atoms with Crippen LogP contribution in [-0.4, -0.2) is 6.04 Å². The minimum atomic E-state index is -0.0785. The van der Waals surface area contributed by atoms with Crippen LogP contribution in [0.4, 0.5) is 4.39 Å². The van der Waals surface area contributed by atoms with Gasteiger partial charge in [0.2, 0.25) is 0 Å². The predicted molar refractivity (Wildman–Crippen MR) is 74.3 cm³/mol. The van der Waals surface area contributed by atoms with Gasteiger partial charge in [-0.3, -0.25) is 0 Å². The molecule has 4 aliphatic rings. The SMILES string of the molecule is Cc1cc(C23CC4CC(C2)C(N)C(C4)C3)ccc1F. The number of benzene rings is 1. The van der Waals surface area contributed by atoms with Gasteiger partial charge < -0.3 is 5.73 Å². The quantitative estimate of drug-likeness (QED) is 0.820. The second-order valence-corrected chi connectivity index (χ2v) is 7.29. The number of hydrogen-bond donors (Lipinski definition) is 1. The van der Waals surface area contributed by atoms with E-state index < -0.39 is 0 Å². The normalized spacial score (nSPS) is 43.7. The highest BCUT2D eigenvalue weighted by atomic mass is 19.1. The summed E-state index contributed by atoms with van der Waals surface area (Å²) in [5, 5.41) is 0. The van der Waals surface area contributed by atoms with Crippen LogP contribution >= 0.6 is 0 Å². The maximum Gasteiger partial charge on any atom is 0.126 e. The molecule has 0 heterocycles. The maximum absolute atomic E-state index is 13.5. The smallest absolute Gasteiger partial charge is 0.126 e. The van der Waals surface area contributed by atoms with Crippen LogP contribution in [0.15, 0.2) is 18.2 Å². The summed E-state index contributed by atoms with van der Waals surface area (Å²) < 4.78 is 13.5. The van der Waals surface area contributed by atoms with Crippen molar-refractivity contribution in [3.05, 3.63) is 35.1 Å². The standard InChI is InChI=1S/C17H22FN/c1-10-4-14(2-3-15(10)18)17-7-11-5-12(8-17)16(19)13(6-11)9-17/h2-4,11-13,16H,5-9,19H2,1H3. The molecule has 4 bridgehead atoms. The summed E-state index contributed by atoms with van der Waals surface area (Å²) in [7, 11) is 0. The molecule has 0 amide bonds. The fraction of sp³-hybridized carbons (Fsp3) is 0.647. The van der Waals surface area contributed by atoms with E-state index in [9.17, 15) is 4.39 Å². The van der Waals surface area contributed by atoms with Crippen molar-refractivity contribution in [2.24, 2.45) is 23.5 Å². The van der Waals surface area contributed by atoms with Gasteiger partial charge in [0.25, 0.3) is 0 Å². The summed E-state index contributed by atoms with van der Waals surface area (Å²) in [6.45, 7) is 1.88. The van der Waals surface area contributed by atoms with Gasteiger partial charge in [0.05, 0.1) is 0 Å². The van der Waals surface area contributed by atoms with Crippen LogP contribution in [-0.2, 0) is 5.41 Å². The fourth-order valence-electron chi connectivity index (χ4n) is 5.39. The van der Waals surface area contributed by atoms with Gasteiger partial charge in [0, 0.05) is 6.04 Å². The molecular weight excluding hydrogens is 237 g/mol. The molecule has 102 valence electrons. The van der Waals surface area contributed by atoms with Crippen LogP contribution in [0.2, 0.25) is 0 Å². The lowest BCUT2D eigenvalue weighted by atomic mass is 9.46. The average molecular weight is 259 g/mol. The number of nitrogens with two attached hydrogens (primary N) is 1. The summed E-state index contributed by atoms with van der Waals surface area (Å²) in [5.74, 6) is 2.20. The molecule has 1 nitrogen and oxygen atoms in total. The first kappa shape index (κ1) is 11.9. The van der Waals surface area contributed by atoms with Gasteiger partial charge in [0.15, 0.2) is 0 Å². The van der Waals surface area contributed by atoms with Crippen LogP contribution in [0.5, 0.6) is 0 Å². The number of halogens is 1. The third-order valence-electron chi connectivity index (χ3n) is 6.12. The Kier molecular flexibility index (Phi) is 2.39. The van der Waals surface area contributed by atoms with Crippen LogP contribution in [0, 0.1) is 30.5 Å². The van der Waals surface area contributed by atoms with E-state index >= 15 is 0 Å². The van der Waals surface area contributed by atoms with Crippen molar-refractivity contribution in [2.45, 2.75) is 50.5 Å². The van der Waals surface area contributed by atoms with Gasteiger partial charge in [-0.2, -0.15) is 0 Å². The topological polar surface area (TPSA) is 26.0 Å². The molecular formula is C17H22FN. The van der Waals surface area contributed by atoms with Gasteiger partial charge in [-0.05, 0) is 79.4 Å². The molecule has 5 rings (SSSR count). The molecule has 0 aromatic heterocycles. The molecule has 2 N–H and O–H groups in total. The first-order chi connectivity index (χ1) is 9.07. The van der Waals surface area contributed by atoms with Crippen LogP contribution in [0.25, 0.3) is 0 Å². The van der Waals surface area contributed by atoms with Crippen molar-refractivity contribution >= 4 is 0 Å². The molecule has 0 saturated heterocycles. The minimum Gasteiger partial charge on any atom is -0.327 e. The van der Waals surface area contributed by atoms with Gasteiger partial charge in [-0.25, -0.2) is 4.39 Å². The largest absolute Gasteiger partial charge is 0.327 e. The van der Waals surface area contributed by atoms with Crippen molar-refractivity contribution in [3.63, 3.8) is 0 Å². The van der Waals surface area contributed by atoms with Crippen LogP contribution < -0.4 is 5.73 Å². The molecule has 2 unspecified atom stereocenters. The third-order valence-corrected chi connectivity index (χ3v) is 6.12. The van der Waals surface area contributed by atoms with E-state index in [1.54, 1.807) is 6.07 Å². The molecule has 0 spiro atoms. The van der Waals surface area contributed by atoms with Crippen molar-refractivity contribution in [3.8, 4) is 0 Å². The van der Waals surface area contributed by atoms with Gasteiger partial charge in [-0.1, -0.05) is 12.1 Å². The third kappa shape index (κ3) is 1.62. The predicted octanol–water partition coefficient (Wildman–Crippen LogP) is 3.54. The second-order valence-electron chi connectivity index (χ2n) is 7.29. The van der Waals surface area contributed by atoms with E-state index in [1.807, 2.05) is 13.0 Å². The van der Waals surface area contributed by atoms with E-state index in [2.05, 4.69) is 6.07 Å². The molecule has 4 saturated carbocycles. The molecule has 2 heteroatoms. The summed E-state index contributed by atoms with van der Waals surface area (Å²) in [4.78, 5) is 0. The van der Waals surface area contributed by atoms with Gasteiger partial charge in [0.1, 0.15) is 5.82 Å². The highest BCUT2D eigenvalue weighted by molar-refractivity contribution is 5.34. The molecule has 1 aromatic carbocycles. The Morgan fingerprint density at radius 2 is 1.84 bits per heavy atom. The number of hydrogen-bond acceptors (Lipinski definition) is 1. The highest BCUT2D eigenvalue weighted by Gasteiger charge is 2.54. The van der Waals surface area contributed by atoms with Crippen molar-refractivity contribution in [2.75, 3.05) is 0 Å². The van der Waals surface area contributed by atoms with E-state index in [0.29, 0.717) is 23.3 Å². The van der Waals surface area contributed by atoms with E-state index in [4.69, 9.17) is 5.73 Å². The lowest BCUT2D eigenvalue weighted by Gasteiger charge is -2.59. The molecule has 19 heavy (non-hydrogen) atoms. The molecule has 1 aromatic rings. The Balaban J connectivity index is 1.76. The molecule has 4 aliphatic carbocycles. The van der Waals surface area contributed by atoms with Crippen molar-refractivity contribution in [1.29, 1.82) is 0 Å². The fourth-order valence-corrected chi connectivity index (χ4v) is 5.39. The zero-order valence-corrected chi connectivity index (χ0v) is 11.5. The van der Waals surface area contributed by atoms with Crippen LogP contribution in [0.3, 0.4) is 0 Å². The molecule has 2 atom stereocenters. The average Bonchev–Trinajstić information content (AvgIpc) is 2.38. The zero-order valence-electron chi connectivity index (χ0n) is 11.5. The Morgan fingerprint density at radius 3 is 2.47 bits per heavy atom. The summed E-state index contributed by atoms with van der Waals surface area (Å²) in [5.41, 5.74) is 8.87.